The van der Waals surface area contributed by atoms with E-state index < -0.39 is 58.0 Å². The van der Waals surface area contributed by atoms with Crippen molar-refractivity contribution in [3.05, 3.63) is 79.9 Å². The van der Waals surface area contributed by atoms with E-state index in [0.717, 1.165) is 23.3 Å². The second kappa shape index (κ2) is 10.1. The predicted molar refractivity (Wildman–Crippen MR) is 110 cm³/mol. The molecule has 3 rings (SSSR count). The summed E-state index contributed by atoms with van der Waals surface area (Å²) < 4.78 is 0. The molecule has 13 nitrogen and oxygen atoms in total. The Bertz CT molecular complexity index is 1020. The Morgan fingerprint density at radius 2 is 1.58 bits per heavy atom. The maximum Gasteiger partial charge on any atom is 0.327 e. The van der Waals surface area contributed by atoms with E-state index in [1.54, 1.807) is 30.3 Å². The topological polar surface area (TPSA) is 185 Å². The highest BCUT2D eigenvalue weighted by Gasteiger charge is 2.35. The number of non-ortho nitro benzene ring substituents is 2. The van der Waals surface area contributed by atoms with Gasteiger partial charge in [-0.15, -0.1) is 0 Å². The first-order valence-electron chi connectivity index (χ1n) is 9.80. The number of nitrogens with one attached hydrogen (secondary N) is 1. The zero-order valence-corrected chi connectivity index (χ0v) is 17.1. The predicted octanol–water partition coefficient (Wildman–Crippen LogP) is 1.55. The number of amides is 1. The largest absolute Gasteiger partial charge is 0.375 e. The van der Waals surface area contributed by atoms with Crippen LogP contribution in [-0.4, -0.2) is 49.5 Å². The number of nitrogens with zero attached hydrogens (tertiary/aromatic N) is 3. The molecule has 0 saturated carbocycles. The van der Waals surface area contributed by atoms with Crippen molar-refractivity contribution < 1.29 is 34.5 Å². The monoisotopic (exact) mass is 460 g/mol. The zero-order chi connectivity index (χ0) is 24.1. The third-order valence-electron chi connectivity index (χ3n) is 4.94. The standard InChI is InChI=1S/C20H20N4O9/c25-17-6-7-18(26)22(17)33-19(27)11-16(12-4-2-1-3-5-12)21-20(28)13-8-14(23(29)30)10-15(9-13)24(31)32/h1-5,8-10,16-18,25-26H,6-7,11H2,(H,21,28)/t16-,17?,18?/m0/s1. The van der Waals surface area contributed by atoms with Crippen LogP contribution in [0.2, 0.25) is 0 Å². The van der Waals surface area contributed by atoms with Gasteiger partial charge in [0, 0.05) is 12.1 Å². The Morgan fingerprint density at radius 1 is 1.03 bits per heavy atom. The third-order valence-corrected chi connectivity index (χ3v) is 4.94. The van der Waals surface area contributed by atoms with Crippen molar-refractivity contribution in [3.8, 4) is 0 Å². The molecule has 1 aliphatic heterocycles. The van der Waals surface area contributed by atoms with Crippen LogP contribution in [0.15, 0.2) is 48.5 Å². The number of hydrogen-bond donors (Lipinski definition) is 3. The lowest BCUT2D eigenvalue weighted by molar-refractivity contribution is -0.394. The van der Waals surface area contributed by atoms with Gasteiger partial charge in [0.25, 0.3) is 17.3 Å². The summed E-state index contributed by atoms with van der Waals surface area (Å²) in [7, 11) is 0. The first-order valence-corrected chi connectivity index (χ1v) is 9.80. The summed E-state index contributed by atoms with van der Waals surface area (Å²) >= 11 is 0. The van der Waals surface area contributed by atoms with Gasteiger partial charge in [-0.1, -0.05) is 35.4 Å². The second-order valence-corrected chi connectivity index (χ2v) is 7.25. The van der Waals surface area contributed by atoms with Gasteiger partial charge in [-0.3, -0.25) is 29.8 Å². The molecule has 0 spiro atoms. The van der Waals surface area contributed by atoms with Crippen molar-refractivity contribution in [3.63, 3.8) is 0 Å². The Hall–Kier alpha value is -3.94. The number of rotatable bonds is 8. The molecule has 174 valence electrons. The maximum atomic E-state index is 12.8. The van der Waals surface area contributed by atoms with Crippen molar-refractivity contribution in [2.45, 2.75) is 37.8 Å². The molecule has 2 aromatic carbocycles. The molecule has 0 bridgehead atoms. The van der Waals surface area contributed by atoms with Crippen molar-refractivity contribution in [2.24, 2.45) is 0 Å². The van der Waals surface area contributed by atoms with Gasteiger partial charge in [-0.05, 0) is 18.4 Å². The molecule has 3 atom stereocenters. The van der Waals surface area contributed by atoms with E-state index >= 15 is 0 Å². The lowest BCUT2D eigenvalue weighted by Crippen LogP contribution is -2.39. The number of carbonyl (C=O) groups excluding carboxylic acids is 2. The molecule has 13 heteroatoms. The molecule has 0 radical (unpaired) electrons. The Kier molecular flexibility index (Phi) is 7.27. The first-order chi connectivity index (χ1) is 15.7. The molecular weight excluding hydrogens is 440 g/mol. The van der Waals surface area contributed by atoms with E-state index in [9.17, 15) is 40.0 Å². The fourth-order valence-corrected chi connectivity index (χ4v) is 3.31. The summed E-state index contributed by atoms with van der Waals surface area (Å²) in [6.45, 7) is 0. The fraction of sp³-hybridized carbons (Fsp3) is 0.300. The van der Waals surface area contributed by atoms with Gasteiger partial charge in [0.05, 0.1) is 33.9 Å². The number of hydrogen-bond acceptors (Lipinski definition) is 10. The molecule has 1 amide bonds. The summed E-state index contributed by atoms with van der Waals surface area (Å²) in [5.74, 6) is -1.75. The number of hydroxylamine groups is 2. The summed E-state index contributed by atoms with van der Waals surface area (Å²) in [6.07, 6.45) is -2.33. The second-order valence-electron chi connectivity index (χ2n) is 7.25. The third kappa shape index (κ3) is 5.85. The van der Waals surface area contributed by atoms with Crippen molar-refractivity contribution >= 4 is 23.3 Å². The molecule has 1 saturated heterocycles. The number of nitro groups is 2. The first kappa shape index (κ1) is 23.7. The minimum absolute atomic E-state index is 0.207. The molecule has 0 aliphatic carbocycles. The van der Waals surface area contributed by atoms with Gasteiger partial charge >= 0.3 is 5.97 Å². The van der Waals surface area contributed by atoms with E-state index in [2.05, 4.69) is 5.32 Å². The van der Waals surface area contributed by atoms with Crippen LogP contribution in [0, 0.1) is 20.2 Å². The average Bonchev–Trinajstić information content (AvgIpc) is 3.10. The quantitative estimate of drug-likeness (QED) is 0.385. The van der Waals surface area contributed by atoms with E-state index in [1.807, 2.05) is 0 Å². The number of carbonyl (C=O) groups is 2. The summed E-state index contributed by atoms with van der Waals surface area (Å²) in [5, 5.41) is 45.1. The van der Waals surface area contributed by atoms with E-state index in [1.165, 1.54) is 0 Å². The minimum atomic E-state index is -1.17. The molecule has 2 aromatic rings. The van der Waals surface area contributed by atoms with Crippen molar-refractivity contribution in [2.75, 3.05) is 0 Å². The average molecular weight is 460 g/mol. The summed E-state index contributed by atoms with van der Waals surface area (Å²) in [5.41, 5.74) is -1.12. The fourth-order valence-electron chi connectivity index (χ4n) is 3.31. The summed E-state index contributed by atoms with van der Waals surface area (Å²) in [6, 6.07) is 9.80. The van der Waals surface area contributed by atoms with Crippen LogP contribution in [0.5, 0.6) is 0 Å². The van der Waals surface area contributed by atoms with Crippen LogP contribution < -0.4 is 5.32 Å². The molecule has 1 heterocycles. The highest BCUT2D eigenvalue weighted by Crippen LogP contribution is 2.26. The molecule has 1 aliphatic rings. The van der Waals surface area contributed by atoms with Gasteiger partial charge in [0.1, 0.15) is 12.5 Å². The van der Waals surface area contributed by atoms with Crippen molar-refractivity contribution in [1.82, 2.24) is 10.4 Å². The minimum Gasteiger partial charge on any atom is -0.375 e. The van der Waals surface area contributed by atoms with Crippen molar-refractivity contribution in [1.29, 1.82) is 0 Å². The van der Waals surface area contributed by atoms with Crippen LogP contribution in [0.1, 0.15) is 41.2 Å². The lowest BCUT2D eigenvalue weighted by Gasteiger charge is -2.24. The Morgan fingerprint density at radius 3 is 2.09 bits per heavy atom. The Balaban J connectivity index is 1.82. The van der Waals surface area contributed by atoms with Crippen LogP contribution in [0.4, 0.5) is 11.4 Å². The molecule has 0 aromatic heterocycles. The van der Waals surface area contributed by atoms with Gasteiger partial charge in [-0.25, -0.2) is 0 Å². The Labute approximate surface area is 186 Å². The van der Waals surface area contributed by atoms with Crippen LogP contribution in [-0.2, 0) is 9.63 Å². The van der Waals surface area contributed by atoms with E-state index in [4.69, 9.17) is 4.84 Å². The maximum absolute atomic E-state index is 12.8. The number of nitro benzene ring substituents is 2. The van der Waals surface area contributed by atoms with E-state index in [-0.39, 0.29) is 18.4 Å². The highest BCUT2D eigenvalue weighted by molar-refractivity contribution is 5.96. The van der Waals surface area contributed by atoms with Gasteiger partial charge in [0.2, 0.25) is 0 Å². The van der Waals surface area contributed by atoms with Crippen LogP contribution >= 0.6 is 0 Å². The number of aliphatic hydroxyl groups is 2. The van der Waals surface area contributed by atoms with Crippen LogP contribution in [0.3, 0.4) is 0 Å². The highest BCUT2D eigenvalue weighted by atomic mass is 16.7. The lowest BCUT2D eigenvalue weighted by atomic mass is 10.0. The molecular formula is C20H20N4O9. The van der Waals surface area contributed by atoms with Crippen LogP contribution in [0.25, 0.3) is 0 Å². The summed E-state index contributed by atoms with van der Waals surface area (Å²) in [4.78, 5) is 50.8. The van der Waals surface area contributed by atoms with Gasteiger partial charge in [0.15, 0.2) is 0 Å². The molecule has 3 N–H and O–H groups in total. The van der Waals surface area contributed by atoms with Gasteiger partial charge < -0.3 is 20.4 Å². The number of aliphatic hydroxyl groups excluding tert-OH is 2. The number of benzene rings is 2. The zero-order valence-electron chi connectivity index (χ0n) is 17.1. The molecule has 1 fully saturated rings. The van der Waals surface area contributed by atoms with E-state index in [0.29, 0.717) is 5.56 Å². The molecule has 2 unspecified atom stereocenters. The normalized spacial score (nSPS) is 19.0. The smallest absolute Gasteiger partial charge is 0.327 e. The SMILES string of the molecule is O=C(C[C@H](NC(=O)c1cc([N+](=O)[O-])cc([N+](=O)[O-])c1)c1ccccc1)ON1C(O)CCC1O. The molecule has 33 heavy (non-hydrogen) atoms. The van der Waals surface area contributed by atoms with Gasteiger partial charge in [-0.2, -0.15) is 0 Å².